The molecule has 0 aliphatic carbocycles. The molecule has 3 aromatic heterocycles. The number of carbonyl (C=O) groups is 1. The molecule has 1 aliphatic heterocycles. The first-order valence-corrected chi connectivity index (χ1v) is 9.93. The van der Waals surface area contributed by atoms with Gasteiger partial charge in [-0.1, -0.05) is 0 Å². The van der Waals surface area contributed by atoms with E-state index >= 15 is 0 Å². The molecule has 1 amide bonds. The van der Waals surface area contributed by atoms with E-state index in [2.05, 4.69) is 10.1 Å². The van der Waals surface area contributed by atoms with E-state index in [0.29, 0.717) is 18.8 Å². The Labute approximate surface area is 173 Å². The maximum Gasteiger partial charge on any atom is 0.274 e. The first kappa shape index (κ1) is 20.2. The molecule has 0 spiro atoms. The van der Waals surface area contributed by atoms with Crippen molar-refractivity contribution < 1.29 is 13.6 Å². The summed E-state index contributed by atoms with van der Waals surface area (Å²) in [6, 6.07) is 7.39. The molecule has 0 radical (unpaired) electrons. The first-order chi connectivity index (χ1) is 14.4. The Balaban J connectivity index is 1.70. The highest BCUT2D eigenvalue weighted by atomic mass is 19.3. The largest absolute Gasteiger partial charge is 0.352 e. The van der Waals surface area contributed by atoms with Gasteiger partial charge in [0.25, 0.3) is 11.8 Å². The lowest BCUT2D eigenvalue weighted by molar-refractivity contribution is -0.0495. The third kappa shape index (κ3) is 4.11. The van der Waals surface area contributed by atoms with Gasteiger partial charge in [0.05, 0.1) is 17.6 Å². The summed E-state index contributed by atoms with van der Waals surface area (Å²) < 4.78 is 30.6. The van der Waals surface area contributed by atoms with E-state index in [-0.39, 0.29) is 37.5 Å². The minimum Gasteiger partial charge on any atom is -0.352 e. The number of pyridine rings is 1. The quantitative estimate of drug-likeness (QED) is 0.696. The van der Waals surface area contributed by atoms with Gasteiger partial charge in [-0.05, 0) is 31.2 Å². The molecule has 158 valence electrons. The molecule has 0 atom stereocenters. The maximum absolute atomic E-state index is 13.5. The number of amides is 1. The predicted molar refractivity (Wildman–Crippen MR) is 109 cm³/mol. The van der Waals surface area contributed by atoms with Gasteiger partial charge in [-0.15, -0.1) is 0 Å². The second kappa shape index (κ2) is 7.98. The molecule has 1 saturated heterocycles. The third-order valence-electron chi connectivity index (χ3n) is 5.28. The highest BCUT2D eigenvalue weighted by molar-refractivity contribution is 5.93. The molecule has 30 heavy (non-hydrogen) atoms. The zero-order chi connectivity index (χ0) is 21.3. The van der Waals surface area contributed by atoms with Crippen molar-refractivity contribution >= 4 is 5.91 Å². The topological polar surface area (TPSA) is 82.0 Å². The molecule has 7 nitrogen and oxygen atoms in total. The Morgan fingerprint density at radius 3 is 2.67 bits per heavy atom. The minimum absolute atomic E-state index is 0.0208. The van der Waals surface area contributed by atoms with Gasteiger partial charge in [0.2, 0.25) is 0 Å². The predicted octanol–water partition coefficient (Wildman–Crippen LogP) is 2.87. The van der Waals surface area contributed by atoms with Gasteiger partial charge in [-0.3, -0.25) is 9.78 Å². The average Bonchev–Trinajstić information content (AvgIpc) is 3.35. The Bertz CT molecular complexity index is 1030. The summed E-state index contributed by atoms with van der Waals surface area (Å²) >= 11 is 0. The van der Waals surface area contributed by atoms with E-state index in [9.17, 15) is 13.6 Å². The average molecular weight is 414 g/mol. The number of halogens is 2. The van der Waals surface area contributed by atoms with Crippen molar-refractivity contribution in [3.8, 4) is 16.9 Å². The second-order valence-electron chi connectivity index (χ2n) is 7.56. The third-order valence-corrected chi connectivity index (χ3v) is 5.28. The van der Waals surface area contributed by atoms with Crippen LogP contribution in [0.5, 0.6) is 0 Å². The number of aromatic nitrogens is 4. The van der Waals surface area contributed by atoms with Gasteiger partial charge in [0.1, 0.15) is 0 Å². The van der Waals surface area contributed by atoms with Crippen molar-refractivity contribution in [1.29, 1.82) is 0 Å². The van der Waals surface area contributed by atoms with Crippen LogP contribution in [0.15, 0.2) is 42.9 Å². The lowest BCUT2D eigenvalue weighted by Crippen LogP contribution is -2.42. The number of rotatable bonds is 5. The Hall–Kier alpha value is -3.07. The van der Waals surface area contributed by atoms with Crippen molar-refractivity contribution in [2.45, 2.75) is 32.2 Å². The molecule has 0 aromatic carbocycles. The maximum atomic E-state index is 13.5. The standard InChI is InChI=1S/C21H24F2N6O/c1-15-2-3-17(13-25-15)29-19(16-4-8-27(14-16)11-7-24)12-18(26-29)20(30)28-9-5-21(22,23)6-10-28/h2-4,8,12-14H,5-7,9-11,24H2,1H3. The summed E-state index contributed by atoms with van der Waals surface area (Å²) in [5.41, 5.74) is 9.05. The van der Waals surface area contributed by atoms with Crippen molar-refractivity contribution in [2.75, 3.05) is 19.6 Å². The lowest BCUT2D eigenvalue weighted by Gasteiger charge is -2.31. The molecule has 4 heterocycles. The van der Waals surface area contributed by atoms with Crippen molar-refractivity contribution in [1.82, 2.24) is 24.2 Å². The van der Waals surface area contributed by atoms with Gasteiger partial charge in [-0.2, -0.15) is 5.10 Å². The Morgan fingerprint density at radius 2 is 2.00 bits per heavy atom. The Kier molecular flexibility index (Phi) is 5.38. The van der Waals surface area contributed by atoms with Crippen LogP contribution in [-0.4, -0.2) is 55.7 Å². The molecule has 2 N–H and O–H groups in total. The zero-order valence-electron chi connectivity index (χ0n) is 16.8. The van der Waals surface area contributed by atoms with E-state index in [1.165, 1.54) is 4.90 Å². The van der Waals surface area contributed by atoms with Crippen molar-refractivity contribution in [2.24, 2.45) is 5.73 Å². The molecule has 0 saturated carbocycles. The Morgan fingerprint density at radius 1 is 1.23 bits per heavy atom. The first-order valence-electron chi connectivity index (χ1n) is 9.93. The normalized spacial score (nSPS) is 16.1. The number of nitrogens with zero attached hydrogens (tertiary/aromatic N) is 5. The van der Waals surface area contributed by atoms with Gasteiger partial charge in [-0.25, -0.2) is 13.5 Å². The van der Waals surface area contributed by atoms with Gasteiger partial charge >= 0.3 is 0 Å². The van der Waals surface area contributed by atoms with Gasteiger partial charge in [0, 0.05) is 62.7 Å². The molecular weight excluding hydrogens is 390 g/mol. The lowest BCUT2D eigenvalue weighted by atomic mass is 10.1. The molecule has 0 bridgehead atoms. The highest BCUT2D eigenvalue weighted by Gasteiger charge is 2.36. The summed E-state index contributed by atoms with van der Waals surface area (Å²) in [6.45, 7) is 3.12. The van der Waals surface area contributed by atoms with Crippen LogP contribution in [0.25, 0.3) is 16.9 Å². The molecule has 1 aliphatic rings. The summed E-state index contributed by atoms with van der Waals surface area (Å²) in [6.07, 6.45) is 4.91. The van der Waals surface area contributed by atoms with Gasteiger partial charge < -0.3 is 15.2 Å². The van der Waals surface area contributed by atoms with Crippen molar-refractivity contribution in [3.05, 3.63) is 54.2 Å². The van der Waals surface area contributed by atoms with Crippen LogP contribution >= 0.6 is 0 Å². The van der Waals surface area contributed by atoms with Crippen LogP contribution in [0.4, 0.5) is 8.78 Å². The molecule has 0 unspecified atom stereocenters. The van der Waals surface area contributed by atoms with Crippen LogP contribution in [0.2, 0.25) is 0 Å². The minimum atomic E-state index is -2.71. The molecule has 4 rings (SSSR count). The zero-order valence-corrected chi connectivity index (χ0v) is 16.8. The number of likely N-dealkylation sites (tertiary alicyclic amines) is 1. The fraction of sp³-hybridized carbons (Fsp3) is 0.381. The molecule has 1 fully saturated rings. The summed E-state index contributed by atoms with van der Waals surface area (Å²) in [4.78, 5) is 18.7. The van der Waals surface area contributed by atoms with E-state index < -0.39 is 5.92 Å². The van der Waals surface area contributed by atoms with Crippen LogP contribution in [0.1, 0.15) is 29.0 Å². The number of hydrogen-bond donors (Lipinski definition) is 1. The second-order valence-corrected chi connectivity index (χ2v) is 7.56. The number of alkyl halides is 2. The SMILES string of the molecule is Cc1ccc(-n2nc(C(=O)N3CCC(F)(F)CC3)cc2-c2ccn(CCN)c2)cn1. The smallest absolute Gasteiger partial charge is 0.274 e. The van der Waals surface area contributed by atoms with E-state index in [4.69, 9.17) is 5.73 Å². The number of hydrogen-bond acceptors (Lipinski definition) is 4. The molecule has 3 aromatic rings. The van der Waals surface area contributed by atoms with Crippen LogP contribution in [0, 0.1) is 6.92 Å². The summed E-state index contributed by atoms with van der Waals surface area (Å²) in [5, 5.41) is 4.52. The monoisotopic (exact) mass is 414 g/mol. The summed E-state index contributed by atoms with van der Waals surface area (Å²) in [7, 11) is 0. The van der Waals surface area contributed by atoms with E-state index in [1.807, 2.05) is 42.1 Å². The van der Waals surface area contributed by atoms with Crippen LogP contribution in [0.3, 0.4) is 0 Å². The fourth-order valence-electron chi connectivity index (χ4n) is 3.55. The van der Waals surface area contributed by atoms with Crippen LogP contribution < -0.4 is 5.73 Å². The molecule has 9 heteroatoms. The van der Waals surface area contributed by atoms with Gasteiger partial charge in [0.15, 0.2) is 5.69 Å². The molecular formula is C21H24F2N6O. The summed E-state index contributed by atoms with van der Waals surface area (Å²) in [5.74, 6) is -3.05. The van der Waals surface area contributed by atoms with Crippen LogP contribution in [-0.2, 0) is 6.54 Å². The highest BCUT2D eigenvalue weighted by Crippen LogP contribution is 2.29. The fourth-order valence-corrected chi connectivity index (χ4v) is 3.55. The number of aryl methyl sites for hydroxylation is 1. The van der Waals surface area contributed by atoms with Crippen molar-refractivity contribution in [3.63, 3.8) is 0 Å². The number of nitrogens with two attached hydrogens (primary N) is 1. The number of piperidine rings is 1. The number of carbonyl (C=O) groups excluding carboxylic acids is 1. The van der Waals surface area contributed by atoms with E-state index in [0.717, 1.165) is 17.0 Å². The van der Waals surface area contributed by atoms with E-state index in [1.54, 1.807) is 16.9 Å².